The van der Waals surface area contributed by atoms with Crippen LogP contribution in [0, 0.1) is 0 Å². The number of carboxylic acid groups (broad SMARTS) is 1. The van der Waals surface area contributed by atoms with E-state index in [1.807, 2.05) is 0 Å². The molecule has 4 amide bonds. The quantitative estimate of drug-likeness (QED) is 0.308. The van der Waals surface area contributed by atoms with E-state index in [1.165, 1.54) is 36.4 Å². The maximum Gasteiger partial charge on any atom is 0.335 e. The van der Waals surface area contributed by atoms with Crippen molar-refractivity contribution < 1.29 is 29.0 Å². The second-order valence-corrected chi connectivity index (χ2v) is 8.77. The number of hydrogen-bond donors (Lipinski definition) is 2. The Morgan fingerprint density at radius 1 is 0.944 bits per heavy atom. The number of hydrogen-bond acceptors (Lipinski definition) is 5. The second-order valence-electron chi connectivity index (χ2n) is 7.52. The lowest BCUT2D eigenvalue weighted by Crippen LogP contribution is -2.54. The number of nitrogens with one attached hydrogen (secondary N) is 1. The summed E-state index contributed by atoms with van der Waals surface area (Å²) in [5, 5.41) is 12.3. The summed E-state index contributed by atoms with van der Waals surface area (Å²) in [6.45, 7) is 0.134. The summed E-state index contributed by atoms with van der Waals surface area (Å²) in [6.07, 6.45) is 1.29. The van der Waals surface area contributed by atoms with Gasteiger partial charge in [-0.25, -0.2) is 14.5 Å². The van der Waals surface area contributed by atoms with E-state index in [9.17, 15) is 19.2 Å². The number of nitrogens with zero attached hydrogens (tertiary/aromatic N) is 1. The molecule has 0 radical (unpaired) electrons. The maximum atomic E-state index is 13.0. The molecule has 182 valence electrons. The molecule has 0 aromatic heterocycles. The molecule has 0 spiro atoms. The first kappa shape index (κ1) is 25.2. The summed E-state index contributed by atoms with van der Waals surface area (Å²) in [5.41, 5.74) is 0.878. The molecule has 0 bridgehead atoms. The summed E-state index contributed by atoms with van der Waals surface area (Å²) in [7, 11) is 0. The Balaban J connectivity index is 1.55. The van der Waals surface area contributed by atoms with Gasteiger partial charge in [0.05, 0.1) is 16.3 Å². The average Bonchev–Trinajstić information content (AvgIpc) is 2.82. The van der Waals surface area contributed by atoms with Gasteiger partial charge in [0.15, 0.2) is 0 Å². The number of urea groups is 1. The smallest absolute Gasteiger partial charge is 0.335 e. The molecule has 0 aliphatic carbocycles. The number of ether oxygens (including phenoxy) is 1. The predicted molar refractivity (Wildman–Crippen MR) is 135 cm³/mol. The van der Waals surface area contributed by atoms with Gasteiger partial charge in [-0.1, -0.05) is 46.9 Å². The molecule has 8 nitrogen and oxygen atoms in total. The number of imide groups is 2. The molecular formula is C25H15Cl3N2O6. The summed E-state index contributed by atoms with van der Waals surface area (Å²) in [6, 6.07) is 13.8. The number of carboxylic acids is 1. The molecule has 3 aromatic rings. The van der Waals surface area contributed by atoms with Crippen molar-refractivity contribution in [2.45, 2.75) is 6.61 Å². The third-order valence-electron chi connectivity index (χ3n) is 5.14. The summed E-state index contributed by atoms with van der Waals surface area (Å²) < 4.78 is 5.73. The molecule has 0 unspecified atom stereocenters. The minimum Gasteiger partial charge on any atom is -0.487 e. The number of rotatable bonds is 6. The van der Waals surface area contributed by atoms with Gasteiger partial charge in [-0.2, -0.15) is 0 Å². The van der Waals surface area contributed by atoms with Crippen molar-refractivity contribution in [1.29, 1.82) is 0 Å². The standard InChI is InChI=1S/C25H15Cl3N2O6/c26-16-5-2-15(19(27)11-16)12-36-21-8-1-13(10-20(21)28)9-18-22(31)29-25(35)30(23(18)32)17-6-3-14(4-7-17)24(33)34/h1-11H,12H2,(H,33,34)(H,29,31,35)/b18-9+. The number of anilines is 1. The molecule has 1 fully saturated rings. The highest BCUT2D eigenvalue weighted by atomic mass is 35.5. The van der Waals surface area contributed by atoms with Crippen molar-refractivity contribution >= 4 is 70.4 Å². The molecule has 1 heterocycles. The Morgan fingerprint density at radius 2 is 1.67 bits per heavy atom. The Morgan fingerprint density at radius 3 is 2.31 bits per heavy atom. The van der Waals surface area contributed by atoms with Crippen molar-refractivity contribution in [2.24, 2.45) is 0 Å². The van der Waals surface area contributed by atoms with Crippen LogP contribution in [-0.4, -0.2) is 28.9 Å². The third-order valence-corrected chi connectivity index (χ3v) is 6.02. The number of amides is 4. The van der Waals surface area contributed by atoms with Gasteiger partial charge in [0.25, 0.3) is 11.8 Å². The molecule has 11 heteroatoms. The lowest BCUT2D eigenvalue weighted by Gasteiger charge is -2.26. The zero-order valence-electron chi connectivity index (χ0n) is 18.1. The van der Waals surface area contributed by atoms with Crippen LogP contribution >= 0.6 is 34.8 Å². The first-order chi connectivity index (χ1) is 17.1. The van der Waals surface area contributed by atoms with Gasteiger partial charge in [0.2, 0.25) is 0 Å². The van der Waals surface area contributed by atoms with E-state index in [-0.39, 0.29) is 28.5 Å². The first-order valence-electron chi connectivity index (χ1n) is 10.2. The average molecular weight is 546 g/mol. The van der Waals surface area contributed by atoms with Crippen LogP contribution in [0.4, 0.5) is 10.5 Å². The lowest BCUT2D eigenvalue weighted by atomic mass is 10.1. The predicted octanol–water partition coefficient (Wildman–Crippen LogP) is 5.59. The van der Waals surface area contributed by atoms with Crippen molar-refractivity contribution in [1.82, 2.24) is 5.32 Å². The highest BCUT2D eigenvalue weighted by molar-refractivity contribution is 6.39. The molecule has 1 saturated heterocycles. The van der Waals surface area contributed by atoms with Crippen molar-refractivity contribution in [3.05, 3.63) is 98.0 Å². The van der Waals surface area contributed by atoms with Crippen LogP contribution in [0.5, 0.6) is 5.75 Å². The fourth-order valence-corrected chi connectivity index (χ4v) is 4.04. The van der Waals surface area contributed by atoms with Gasteiger partial charge in [0.1, 0.15) is 17.9 Å². The van der Waals surface area contributed by atoms with Crippen LogP contribution in [0.25, 0.3) is 6.08 Å². The number of halogens is 3. The SMILES string of the molecule is O=C1NC(=O)N(c2ccc(C(=O)O)cc2)C(=O)/C1=C/c1ccc(OCc2ccc(Cl)cc2Cl)c(Cl)c1. The van der Waals surface area contributed by atoms with E-state index >= 15 is 0 Å². The van der Waals surface area contributed by atoms with Gasteiger partial charge < -0.3 is 9.84 Å². The summed E-state index contributed by atoms with van der Waals surface area (Å²) in [4.78, 5) is 49.6. The van der Waals surface area contributed by atoms with Crippen LogP contribution in [0.15, 0.2) is 66.2 Å². The highest BCUT2D eigenvalue weighted by Gasteiger charge is 2.36. The summed E-state index contributed by atoms with van der Waals surface area (Å²) >= 11 is 18.4. The van der Waals surface area contributed by atoms with E-state index in [2.05, 4.69) is 5.32 Å². The van der Waals surface area contributed by atoms with Crippen LogP contribution in [0.1, 0.15) is 21.5 Å². The zero-order valence-corrected chi connectivity index (χ0v) is 20.4. The molecule has 1 aliphatic heterocycles. The van der Waals surface area contributed by atoms with Crippen LogP contribution in [-0.2, 0) is 16.2 Å². The first-order valence-corrected chi connectivity index (χ1v) is 11.4. The molecule has 4 rings (SSSR count). The van der Waals surface area contributed by atoms with E-state index < -0.39 is 23.8 Å². The van der Waals surface area contributed by atoms with E-state index in [0.29, 0.717) is 26.9 Å². The fourth-order valence-electron chi connectivity index (χ4n) is 3.33. The number of barbiturate groups is 1. The van der Waals surface area contributed by atoms with Crippen molar-refractivity contribution in [2.75, 3.05) is 4.90 Å². The molecule has 1 aliphatic rings. The molecule has 3 aromatic carbocycles. The Hall–Kier alpha value is -3.85. The van der Waals surface area contributed by atoms with Gasteiger partial charge in [-0.05, 0) is 60.2 Å². The monoisotopic (exact) mass is 544 g/mol. The molecule has 0 atom stereocenters. The Bertz CT molecular complexity index is 1440. The topological polar surface area (TPSA) is 113 Å². The van der Waals surface area contributed by atoms with Crippen LogP contribution in [0.2, 0.25) is 15.1 Å². The second kappa shape index (κ2) is 10.4. The van der Waals surface area contributed by atoms with Gasteiger partial charge in [-0.3, -0.25) is 14.9 Å². The van der Waals surface area contributed by atoms with Gasteiger partial charge in [-0.15, -0.1) is 0 Å². The van der Waals surface area contributed by atoms with Gasteiger partial charge in [0, 0.05) is 15.6 Å². The minimum absolute atomic E-state index is 0.0225. The Kier molecular flexibility index (Phi) is 7.30. The normalized spacial score (nSPS) is 14.7. The number of carbonyl (C=O) groups is 4. The van der Waals surface area contributed by atoms with Gasteiger partial charge >= 0.3 is 12.0 Å². The fraction of sp³-hybridized carbons (Fsp3) is 0.0400. The maximum absolute atomic E-state index is 13.0. The lowest BCUT2D eigenvalue weighted by molar-refractivity contribution is -0.122. The summed E-state index contributed by atoms with van der Waals surface area (Å²) in [5.74, 6) is -2.57. The van der Waals surface area contributed by atoms with Crippen LogP contribution in [0.3, 0.4) is 0 Å². The Labute approximate surface area is 219 Å². The number of aromatic carboxylic acids is 1. The molecule has 0 saturated carbocycles. The van der Waals surface area contributed by atoms with E-state index in [0.717, 1.165) is 4.90 Å². The van der Waals surface area contributed by atoms with Crippen molar-refractivity contribution in [3.63, 3.8) is 0 Å². The molecule has 36 heavy (non-hydrogen) atoms. The third kappa shape index (κ3) is 5.36. The number of carbonyl (C=O) groups excluding carboxylic acids is 3. The highest BCUT2D eigenvalue weighted by Crippen LogP contribution is 2.30. The minimum atomic E-state index is -1.16. The number of benzene rings is 3. The van der Waals surface area contributed by atoms with Crippen molar-refractivity contribution in [3.8, 4) is 5.75 Å². The zero-order chi connectivity index (χ0) is 26.0. The molecule has 2 N–H and O–H groups in total. The largest absolute Gasteiger partial charge is 0.487 e. The van der Waals surface area contributed by atoms with E-state index in [1.54, 1.807) is 30.3 Å². The van der Waals surface area contributed by atoms with E-state index in [4.69, 9.17) is 44.6 Å². The van der Waals surface area contributed by atoms with Crippen LogP contribution < -0.4 is 15.0 Å². The molecular weight excluding hydrogens is 531 g/mol.